The van der Waals surface area contributed by atoms with Crippen LogP contribution in [0.25, 0.3) is 0 Å². The van der Waals surface area contributed by atoms with Gasteiger partial charge in [0.15, 0.2) is 6.61 Å². The van der Waals surface area contributed by atoms with E-state index in [0.717, 1.165) is 6.42 Å². The van der Waals surface area contributed by atoms with E-state index < -0.39 is 0 Å². The van der Waals surface area contributed by atoms with E-state index in [-0.39, 0.29) is 24.4 Å². The number of benzene rings is 1. The van der Waals surface area contributed by atoms with Crippen LogP contribution in [-0.4, -0.2) is 48.1 Å². The number of anilines is 1. The lowest BCUT2D eigenvalue weighted by Gasteiger charge is -2.30. The van der Waals surface area contributed by atoms with Gasteiger partial charge in [-0.05, 0) is 43.4 Å². The molecule has 1 saturated heterocycles. The van der Waals surface area contributed by atoms with Crippen molar-refractivity contribution in [3.63, 3.8) is 0 Å². The number of nitrogens with one attached hydrogen (secondary N) is 1. The summed E-state index contributed by atoms with van der Waals surface area (Å²) < 4.78 is 5.21. The summed E-state index contributed by atoms with van der Waals surface area (Å²) in [6.07, 6.45) is 5.52. The van der Waals surface area contributed by atoms with Crippen molar-refractivity contribution < 1.29 is 14.3 Å². The highest BCUT2D eigenvalue weighted by molar-refractivity contribution is 5.81. The third-order valence-corrected chi connectivity index (χ3v) is 4.99. The Kier molecular flexibility index (Phi) is 6.94. The van der Waals surface area contributed by atoms with Crippen molar-refractivity contribution in [2.75, 3.05) is 31.1 Å². The lowest BCUT2D eigenvalue weighted by molar-refractivity contribution is -0.153. The summed E-state index contributed by atoms with van der Waals surface area (Å²) in [4.78, 5) is 34.7. The summed E-state index contributed by atoms with van der Waals surface area (Å²) in [5, 5.41) is 2.80. The fourth-order valence-corrected chi connectivity index (χ4v) is 3.30. The highest BCUT2D eigenvalue weighted by Crippen LogP contribution is 2.21. The molecule has 2 heterocycles. The SMILES string of the molecule is Cc1ccccc1CCNC(=O)COC(=O)C1CCN(c2ncccn2)CC1. The van der Waals surface area contributed by atoms with Crippen molar-refractivity contribution in [1.82, 2.24) is 15.3 Å². The molecular formula is C21H26N4O3. The molecule has 148 valence electrons. The van der Waals surface area contributed by atoms with E-state index in [1.807, 2.05) is 31.2 Å². The van der Waals surface area contributed by atoms with Crippen molar-refractivity contribution in [3.8, 4) is 0 Å². The van der Waals surface area contributed by atoms with Gasteiger partial charge in [0.05, 0.1) is 5.92 Å². The van der Waals surface area contributed by atoms with E-state index in [0.29, 0.717) is 38.4 Å². The van der Waals surface area contributed by atoms with Crippen LogP contribution in [0.15, 0.2) is 42.7 Å². The minimum absolute atomic E-state index is 0.181. The van der Waals surface area contributed by atoms with Crippen molar-refractivity contribution in [1.29, 1.82) is 0 Å². The van der Waals surface area contributed by atoms with Crippen LogP contribution >= 0.6 is 0 Å². The number of aryl methyl sites for hydroxylation is 1. The lowest BCUT2D eigenvalue weighted by Crippen LogP contribution is -2.38. The van der Waals surface area contributed by atoms with Gasteiger partial charge in [-0.2, -0.15) is 0 Å². The molecule has 28 heavy (non-hydrogen) atoms. The summed E-state index contributed by atoms with van der Waals surface area (Å²) >= 11 is 0. The highest BCUT2D eigenvalue weighted by Gasteiger charge is 2.27. The minimum Gasteiger partial charge on any atom is -0.455 e. The Labute approximate surface area is 165 Å². The molecule has 1 amide bonds. The van der Waals surface area contributed by atoms with E-state index in [1.54, 1.807) is 18.5 Å². The van der Waals surface area contributed by atoms with E-state index in [4.69, 9.17) is 4.74 Å². The Morgan fingerprint density at radius 2 is 1.86 bits per heavy atom. The third kappa shape index (κ3) is 5.52. The number of ether oxygens (including phenoxy) is 1. The van der Waals surface area contributed by atoms with Crippen LogP contribution in [0, 0.1) is 12.8 Å². The van der Waals surface area contributed by atoms with Crippen LogP contribution in [0.5, 0.6) is 0 Å². The predicted octanol–water partition coefficient (Wildman–Crippen LogP) is 1.90. The molecule has 7 nitrogen and oxygen atoms in total. The van der Waals surface area contributed by atoms with E-state index in [9.17, 15) is 9.59 Å². The second-order valence-electron chi connectivity index (χ2n) is 6.94. The number of carbonyl (C=O) groups is 2. The van der Waals surface area contributed by atoms with Gasteiger partial charge < -0.3 is 15.0 Å². The molecule has 1 aliphatic heterocycles. The van der Waals surface area contributed by atoms with Gasteiger partial charge in [-0.3, -0.25) is 9.59 Å². The van der Waals surface area contributed by atoms with Gasteiger partial charge in [0.2, 0.25) is 5.95 Å². The van der Waals surface area contributed by atoms with Crippen molar-refractivity contribution in [2.24, 2.45) is 5.92 Å². The first kappa shape index (κ1) is 19.8. The smallest absolute Gasteiger partial charge is 0.309 e. The molecule has 1 aromatic carbocycles. The quantitative estimate of drug-likeness (QED) is 0.737. The van der Waals surface area contributed by atoms with Gasteiger partial charge in [-0.25, -0.2) is 9.97 Å². The maximum absolute atomic E-state index is 12.2. The standard InChI is InChI=1S/C21H26N4O3/c1-16-5-2-3-6-17(16)7-12-22-19(26)15-28-20(27)18-8-13-25(14-9-18)21-23-10-4-11-24-21/h2-6,10-11,18H,7-9,12-15H2,1H3,(H,22,26). The first-order valence-electron chi connectivity index (χ1n) is 9.63. The fraction of sp³-hybridized carbons (Fsp3) is 0.429. The van der Waals surface area contributed by atoms with Crippen LogP contribution in [-0.2, 0) is 20.7 Å². The Morgan fingerprint density at radius 1 is 1.14 bits per heavy atom. The zero-order valence-corrected chi connectivity index (χ0v) is 16.1. The van der Waals surface area contributed by atoms with Gasteiger partial charge in [-0.15, -0.1) is 0 Å². The number of carbonyl (C=O) groups excluding carboxylic acids is 2. The van der Waals surface area contributed by atoms with Gasteiger partial charge in [0, 0.05) is 32.0 Å². The summed E-state index contributed by atoms with van der Waals surface area (Å²) in [6.45, 7) is 3.75. The number of hydrogen-bond donors (Lipinski definition) is 1. The zero-order valence-electron chi connectivity index (χ0n) is 16.1. The first-order chi connectivity index (χ1) is 13.6. The fourth-order valence-electron chi connectivity index (χ4n) is 3.30. The third-order valence-electron chi connectivity index (χ3n) is 4.99. The molecule has 0 saturated carbocycles. The number of nitrogens with zero attached hydrogens (tertiary/aromatic N) is 3. The summed E-state index contributed by atoms with van der Waals surface area (Å²) in [5.41, 5.74) is 2.41. The van der Waals surface area contributed by atoms with Crippen LogP contribution in [0.1, 0.15) is 24.0 Å². The molecule has 0 aliphatic carbocycles. The number of hydrogen-bond acceptors (Lipinski definition) is 6. The zero-order chi connectivity index (χ0) is 19.8. The molecule has 0 atom stereocenters. The van der Waals surface area contributed by atoms with Gasteiger partial charge in [-0.1, -0.05) is 24.3 Å². The van der Waals surface area contributed by atoms with Gasteiger partial charge in [0.25, 0.3) is 5.91 Å². The second kappa shape index (κ2) is 9.82. The first-order valence-corrected chi connectivity index (χ1v) is 9.63. The van der Waals surface area contributed by atoms with Crippen LogP contribution in [0.3, 0.4) is 0 Å². The molecule has 1 N–H and O–H groups in total. The molecule has 3 rings (SSSR count). The van der Waals surface area contributed by atoms with Crippen molar-refractivity contribution in [3.05, 3.63) is 53.9 Å². The largest absolute Gasteiger partial charge is 0.455 e. The van der Waals surface area contributed by atoms with Crippen LogP contribution in [0.4, 0.5) is 5.95 Å². The number of esters is 1. The number of amides is 1. The Morgan fingerprint density at radius 3 is 2.57 bits per heavy atom. The average molecular weight is 382 g/mol. The molecule has 0 unspecified atom stereocenters. The molecule has 1 fully saturated rings. The average Bonchev–Trinajstić information content (AvgIpc) is 2.74. The normalized spacial score (nSPS) is 14.5. The molecule has 7 heteroatoms. The Bertz CT molecular complexity index is 789. The van der Waals surface area contributed by atoms with E-state index in [1.165, 1.54) is 11.1 Å². The molecular weight excluding hydrogens is 356 g/mol. The number of rotatable bonds is 7. The molecule has 0 spiro atoms. The van der Waals surface area contributed by atoms with Crippen molar-refractivity contribution >= 4 is 17.8 Å². The van der Waals surface area contributed by atoms with Gasteiger partial charge in [0.1, 0.15) is 0 Å². The predicted molar refractivity (Wildman–Crippen MR) is 106 cm³/mol. The number of piperidine rings is 1. The Balaban J connectivity index is 1.34. The maximum atomic E-state index is 12.2. The van der Waals surface area contributed by atoms with Crippen molar-refractivity contribution in [2.45, 2.75) is 26.2 Å². The second-order valence-corrected chi connectivity index (χ2v) is 6.94. The lowest BCUT2D eigenvalue weighted by atomic mass is 9.97. The monoisotopic (exact) mass is 382 g/mol. The van der Waals surface area contributed by atoms with Crippen LogP contribution in [0.2, 0.25) is 0 Å². The molecule has 1 aromatic heterocycles. The van der Waals surface area contributed by atoms with Gasteiger partial charge >= 0.3 is 5.97 Å². The van der Waals surface area contributed by atoms with E-state index in [2.05, 4.69) is 20.2 Å². The highest BCUT2D eigenvalue weighted by atomic mass is 16.5. The molecule has 2 aromatic rings. The topological polar surface area (TPSA) is 84.4 Å². The summed E-state index contributed by atoms with van der Waals surface area (Å²) in [7, 11) is 0. The number of aromatic nitrogens is 2. The maximum Gasteiger partial charge on any atom is 0.309 e. The minimum atomic E-state index is -0.303. The summed E-state index contributed by atoms with van der Waals surface area (Å²) in [5.74, 6) is -0.0678. The molecule has 0 radical (unpaired) electrons. The molecule has 1 aliphatic rings. The summed E-state index contributed by atoms with van der Waals surface area (Å²) in [6, 6.07) is 9.86. The van der Waals surface area contributed by atoms with E-state index >= 15 is 0 Å². The van der Waals surface area contributed by atoms with Crippen LogP contribution < -0.4 is 10.2 Å². The Hall–Kier alpha value is -2.96. The molecule has 0 bridgehead atoms.